The second kappa shape index (κ2) is 6.27. The fourth-order valence-corrected chi connectivity index (χ4v) is 2.25. The minimum absolute atomic E-state index is 0.0792. The molecule has 0 spiro atoms. The fourth-order valence-electron chi connectivity index (χ4n) is 2.25. The number of hydrogen-bond donors (Lipinski definition) is 2. The second-order valence-corrected chi connectivity index (χ2v) is 5.18. The Bertz CT molecular complexity index is 590. The number of carboxylic acid groups (broad SMARTS) is 1. The van der Waals surface area contributed by atoms with Crippen LogP contribution in [0.3, 0.4) is 0 Å². The van der Waals surface area contributed by atoms with Crippen LogP contribution < -0.4 is 10.2 Å². The topological polar surface area (TPSA) is 93.4 Å². The molecule has 0 saturated heterocycles. The Hall–Kier alpha value is -2.55. The Morgan fingerprint density at radius 2 is 2.14 bits per heavy atom. The molecule has 1 aliphatic carbocycles. The number of para-hydroxylation sites is 1. The van der Waals surface area contributed by atoms with Gasteiger partial charge in [-0.2, -0.15) is 5.26 Å². The number of aliphatic carboxylic acids is 1. The van der Waals surface area contributed by atoms with Crippen LogP contribution in [0.1, 0.15) is 24.8 Å². The predicted octanol–water partition coefficient (Wildman–Crippen LogP) is 1.96. The molecular formula is C15H17N3O3. The lowest BCUT2D eigenvalue weighted by molar-refractivity contribution is -0.137. The lowest BCUT2D eigenvalue weighted by Crippen LogP contribution is -2.45. The fraction of sp³-hybridized carbons (Fsp3) is 0.400. The maximum Gasteiger partial charge on any atom is 0.321 e. The molecule has 0 radical (unpaired) electrons. The molecule has 0 aliphatic heterocycles. The molecule has 1 aromatic rings. The Morgan fingerprint density at radius 1 is 1.48 bits per heavy atom. The Morgan fingerprint density at radius 3 is 2.71 bits per heavy atom. The van der Waals surface area contributed by atoms with Gasteiger partial charge in [0.05, 0.1) is 17.7 Å². The molecule has 1 fully saturated rings. The summed E-state index contributed by atoms with van der Waals surface area (Å²) in [6.45, 7) is 0. The van der Waals surface area contributed by atoms with Gasteiger partial charge in [0.25, 0.3) is 0 Å². The van der Waals surface area contributed by atoms with Crippen molar-refractivity contribution in [2.75, 3.05) is 11.9 Å². The number of nitriles is 1. The third-order valence-electron chi connectivity index (χ3n) is 3.58. The van der Waals surface area contributed by atoms with Crippen LogP contribution >= 0.6 is 0 Å². The van der Waals surface area contributed by atoms with Crippen molar-refractivity contribution in [1.82, 2.24) is 5.32 Å². The quantitative estimate of drug-likeness (QED) is 0.865. The van der Waals surface area contributed by atoms with E-state index in [1.807, 2.05) is 6.07 Å². The zero-order valence-corrected chi connectivity index (χ0v) is 11.7. The maximum atomic E-state index is 12.2. The number of urea groups is 1. The number of amides is 2. The first-order valence-electron chi connectivity index (χ1n) is 6.78. The molecule has 1 atom stereocenters. The van der Waals surface area contributed by atoms with Crippen LogP contribution in [0.5, 0.6) is 0 Å². The highest BCUT2D eigenvalue weighted by atomic mass is 16.4. The molecule has 110 valence electrons. The minimum Gasteiger partial charge on any atom is -0.481 e. The number of nitrogens with zero attached hydrogens (tertiary/aromatic N) is 2. The molecule has 2 N–H and O–H groups in total. The molecule has 1 aromatic carbocycles. The normalized spacial score (nSPS) is 14.9. The summed E-state index contributed by atoms with van der Waals surface area (Å²) in [5.41, 5.74) is 0.902. The van der Waals surface area contributed by atoms with Gasteiger partial charge in [-0.3, -0.25) is 9.69 Å². The molecule has 1 unspecified atom stereocenters. The summed E-state index contributed by atoms with van der Waals surface area (Å²) in [6, 6.07) is 8.08. The van der Waals surface area contributed by atoms with E-state index in [4.69, 9.17) is 10.4 Å². The van der Waals surface area contributed by atoms with Gasteiger partial charge in [0.2, 0.25) is 0 Å². The smallest absolute Gasteiger partial charge is 0.321 e. The summed E-state index contributed by atoms with van der Waals surface area (Å²) in [5, 5.41) is 20.7. The van der Waals surface area contributed by atoms with E-state index >= 15 is 0 Å². The predicted molar refractivity (Wildman–Crippen MR) is 76.9 cm³/mol. The number of carbonyl (C=O) groups excluding carboxylic acids is 1. The van der Waals surface area contributed by atoms with E-state index in [0.29, 0.717) is 11.3 Å². The number of carboxylic acids is 1. The van der Waals surface area contributed by atoms with Crippen molar-refractivity contribution in [3.8, 4) is 6.07 Å². The van der Waals surface area contributed by atoms with E-state index < -0.39 is 12.0 Å². The number of benzene rings is 1. The van der Waals surface area contributed by atoms with Crippen LogP contribution in [-0.4, -0.2) is 30.2 Å². The van der Waals surface area contributed by atoms with Gasteiger partial charge in [-0.1, -0.05) is 12.1 Å². The standard InChI is InChI=1S/C15H17N3O3/c1-18(13-5-3-2-4-11(13)9-16)15(21)17-12(8-14(19)20)10-6-7-10/h2-5,10,12H,6-8H2,1H3,(H,17,21)(H,19,20). The number of nitrogens with one attached hydrogen (secondary N) is 1. The summed E-state index contributed by atoms with van der Waals surface area (Å²) < 4.78 is 0. The first-order chi connectivity index (χ1) is 10.0. The van der Waals surface area contributed by atoms with Crippen LogP contribution in [0.25, 0.3) is 0 Å². The molecule has 0 heterocycles. The van der Waals surface area contributed by atoms with Crippen LogP contribution in [-0.2, 0) is 4.79 Å². The van der Waals surface area contributed by atoms with Gasteiger partial charge >= 0.3 is 12.0 Å². The van der Waals surface area contributed by atoms with Crippen LogP contribution in [0.15, 0.2) is 24.3 Å². The Balaban J connectivity index is 2.08. The summed E-state index contributed by atoms with van der Waals surface area (Å²) in [5.74, 6) is -0.683. The van der Waals surface area contributed by atoms with Crippen molar-refractivity contribution >= 4 is 17.7 Å². The molecule has 6 nitrogen and oxygen atoms in total. The highest BCUT2D eigenvalue weighted by Crippen LogP contribution is 2.34. The second-order valence-electron chi connectivity index (χ2n) is 5.18. The Labute approximate surface area is 123 Å². The number of hydrogen-bond acceptors (Lipinski definition) is 3. The average Bonchev–Trinajstić information content (AvgIpc) is 3.29. The molecule has 0 bridgehead atoms. The largest absolute Gasteiger partial charge is 0.481 e. The van der Waals surface area contributed by atoms with E-state index in [1.54, 1.807) is 31.3 Å². The van der Waals surface area contributed by atoms with Gasteiger partial charge in [-0.15, -0.1) is 0 Å². The van der Waals surface area contributed by atoms with Gasteiger partial charge in [0, 0.05) is 13.1 Å². The van der Waals surface area contributed by atoms with Crippen LogP contribution in [0, 0.1) is 17.2 Å². The van der Waals surface area contributed by atoms with Gasteiger partial charge in [-0.25, -0.2) is 4.79 Å². The number of anilines is 1. The first kappa shape index (κ1) is 14.9. The van der Waals surface area contributed by atoms with Crippen molar-refractivity contribution < 1.29 is 14.7 Å². The summed E-state index contributed by atoms with van der Waals surface area (Å²) >= 11 is 0. The maximum absolute atomic E-state index is 12.2. The van der Waals surface area contributed by atoms with Gasteiger partial charge in [0.1, 0.15) is 6.07 Å². The van der Waals surface area contributed by atoms with Crippen molar-refractivity contribution in [1.29, 1.82) is 5.26 Å². The number of carbonyl (C=O) groups is 2. The van der Waals surface area contributed by atoms with Crippen LogP contribution in [0.4, 0.5) is 10.5 Å². The van der Waals surface area contributed by atoms with E-state index in [-0.39, 0.29) is 18.4 Å². The van der Waals surface area contributed by atoms with E-state index in [2.05, 4.69) is 5.32 Å². The SMILES string of the molecule is CN(C(=O)NC(CC(=O)O)C1CC1)c1ccccc1C#N. The van der Waals surface area contributed by atoms with Crippen LogP contribution in [0.2, 0.25) is 0 Å². The van der Waals surface area contributed by atoms with Crippen molar-refractivity contribution in [2.45, 2.75) is 25.3 Å². The number of rotatable bonds is 5. The monoisotopic (exact) mass is 287 g/mol. The lowest BCUT2D eigenvalue weighted by Gasteiger charge is -2.23. The van der Waals surface area contributed by atoms with Crippen molar-refractivity contribution in [3.05, 3.63) is 29.8 Å². The third kappa shape index (κ3) is 3.72. The highest BCUT2D eigenvalue weighted by molar-refractivity contribution is 5.93. The zero-order chi connectivity index (χ0) is 15.4. The molecule has 2 rings (SSSR count). The molecular weight excluding hydrogens is 270 g/mol. The van der Waals surface area contributed by atoms with E-state index in [9.17, 15) is 9.59 Å². The minimum atomic E-state index is -0.924. The molecule has 1 saturated carbocycles. The average molecular weight is 287 g/mol. The summed E-state index contributed by atoms with van der Waals surface area (Å²) in [6.07, 6.45) is 1.80. The van der Waals surface area contributed by atoms with Gasteiger partial charge < -0.3 is 10.4 Å². The molecule has 1 aliphatic rings. The lowest BCUT2D eigenvalue weighted by atomic mass is 10.1. The Kier molecular flexibility index (Phi) is 4.43. The first-order valence-corrected chi connectivity index (χ1v) is 6.78. The molecule has 6 heteroatoms. The van der Waals surface area contributed by atoms with E-state index in [0.717, 1.165) is 12.8 Å². The van der Waals surface area contributed by atoms with Crippen molar-refractivity contribution in [2.24, 2.45) is 5.92 Å². The highest BCUT2D eigenvalue weighted by Gasteiger charge is 2.34. The molecule has 21 heavy (non-hydrogen) atoms. The third-order valence-corrected chi connectivity index (χ3v) is 3.58. The van der Waals surface area contributed by atoms with Gasteiger partial charge in [-0.05, 0) is 30.9 Å². The summed E-state index contributed by atoms with van der Waals surface area (Å²) in [4.78, 5) is 24.4. The van der Waals surface area contributed by atoms with Gasteiger partial charge in [0.15, 0.2) is 0 Å². The summed E-state index contributed by atoms with van der Waals surface area (Å²) in [7, 11) is 1.57. The molecule has 2 amide bonds. The van der Waals surface area contributed by atoms with E-state index in [1.165, 1.54) is 4.90 Å². The van der Waals surface area contributed by atoms with Crippen molar-refractivity contribution in [3.63, 3.8) is 0 Å². The zero-order valence-electron chi connectivity index (χ0n) is 11.7. The molecule has 0 aromatic heterocycles.